The quantitative estimate of drug-likeness (QED) is 0.177. The van der Waals surface area contributed by atoms with E-state index < -0.39 is 0 Å². The highest BCUT2D eigenvalue weighted by atomic mass is 14.0. The Balaban J connectivity index is 2.98. The Labute approximate surface area is 142 Å². The van der Waals surface area contributed by atoms with Gasteiger partial charge in [-0.25, -0.2) is 0 Å². The summed E-state index contributed by atoms with van der Waals surface area (Å²) in [7, 11) is 0. The second kappa shape index (κ2) is 20.7. The number of hydrogen-bond acceptors (Lipinski definition) is 0. The first-order valence-electron chi connectivity index (χ1n) is 10.1. The maximum absolute atomic E-state index is 3.89. The Morgan fingerprint density at radius 1 is 0.364 bits per heavy atom. The molecule has 0 spiro atoms. The molecule has 0 aliphatic carbocycles. The summed E-state index contributed by atoms with van der Waals surface area (Å²) in [6.45, 7) is 7.76. The van der Waals surface area contributed by atoms with Crippen LogP contribution in [-0.4, -0.2) is 0 Å². The standard InChI is InChI=1S/C22H42/c1-3-5-7-9-11-13-15-17-19-21-22-20-18-16-14-12-10-8-6-4-2/h9,11H,1-8,10,12-22H2. The van der Waals surface area contributed by atoms with E-state index in [2.05, 4.69) is 26.0 Å². The molecule has 0 saturated heterocycles. The van der Waals surface area contributed by atoms with Crippen LogP contribution < -0.4 is 0 Å². The molecule has 0 aromatic heterocycles. The second-order valence-corrected chi connectivity index (χ2v) is 6.71. The maximum Gasteiger partial charge on any atom is -0.0351 e. The summed E-state index contributed by atoms with van der Waals surface area (Å²) in [6, 6.07) is 0. The van der Waals surface area contributed by atoms with Gasteiger partial charge in [0.05, 0.1) is 0 Å². The average molecular weight is 307 g/mol. The van der Waals surface area contributed by atoms with E-state index in [1.54, 1.807) is 0 Å². The third kappa shape index (κ3) is 19.7. The minimum atomic E-state index is 1.07. The molecule has 0 atom stereocenters. The molecule has 0 nitrogen and oxygen atoms in total. The lowest BCUT2D eigenvalue weighted by Gasteiger charge is -2.02. The van der Waals surface area contributed by atoms with E-state index in [1.807, 2.05) is 0 Å². The zero-order chi connectivity index (χ0) is 16.1. The van der Waals surface area contributed by atoms with E-state index in [0.29, 0.717) is 0 Å². The van der Waals surface area contributed by atoms with Crippen molar-refractivity contribution in [3.63, 3.8) is 0 Å². The normalized spacial score (nSPS) is 11.5. The first-order chi connectivity index (χ1) is 10.9. The van der Waals surface area contributed by atoms with Crippen LogP contribution in [0.25, 0.3) is 0 Å². The van der Waals surface area contributed by atoms with Crippen LogP contribution >= 0.6 is 0 Å². The first-order valence-corrected chi connectivity index (χ1v) is 10.1. The summed E-state index contributed by atoms with van der Waals surface area (Å²) >= 11 is 0. The summed E-state index contributed by atoms with van der Waals surface area (Å²) in [4.78, 5) is 0. The Morgan fingerprint density at radius 2 is 0.682 bits per heavy atom. The Kier molecular flexibility index (Phi) is 20.5. The van der Waals surface area contributed by atoms with Crippen molar-refractivity contribution in [3.8, 4) is 0 Å². The van der Waals surface area contributed by atoms with Crippen LogP contribution in [0.2, 0.25) is 0 Å². The monoisotopic (exact) mass is 306 g/mol. The van der Waals surface area contributed by atoms with Crippen LogP contribution in [0, 0.1) is 13.8 Å². The van der Waals surface area contributed by atoms with Crippen LogP contribution in [0.1, 0.15) is 116 Å². The number of rotatable bonds is 18. The molecule has 0 aromatic rings. The van der Waals surface area contributed by atoms with Gasteiger partial charge in [-0.3, -0.25) is 0 Å². The third-order valence-corrected chi connectivity index (χ3v) is 4.41. The van der Waals surface area contributed by atoms with Gasteiger partial charge < -0.3 is 0 Å². The van der Waals surface area contributed by atoms with Crippen molar-refractivity contribution >= 4 is 0 Å². The van der Waals surface area contributed by atoms with Crippen molar-refractivity contribution in [2.24, 2.45) is 0 Å². The zero-order valence-corrected chi connectivity index (χ0v) is 15.3. The third-order valence-electron chi connectivity index (χ3n) is 4.41. The van der Waals surface area contributed by atoms with Gasteiger partial charge in [-0.2, -0.15) is 0 Å². The molecule has 0 amide bonds. The molecule has 2 radical (unpaired) electrons. The molecule has 0 aliphatic rings. The Morgan fingerprint density at radius 3 is 1.09 bits per heavy atom. The molecular formula is C22H42. The van der Waals surface area contributed by atoms with Gasteiger partial charge in [-0.1, -0.05) is 116 Å². The van der Waals surface area contributed by atoms with Gasteiger partial charge in [-0.05, 0) is 25.7 Å². The van der Waals surface area contributed by atoms with E-state index >= 15 is 0 Å². The van der Waals surface area contributed by atoms with Crippen LogP contribution in [0.3, 0.4) is 0 Å². The highest BCUT2D eigenvalue weighted by Crippen LogP contribution is 2.13. The SMILES string of the molecule is [CH2]CCCC=CCCCCCCCCCCCCCCC[CH2]. The fourth-order valence-corrected chi connectivity index (χ4v) is 2.88. The molecular weight excluding hydrogens is 264 g/mol. The smallest absolute Gasteiger partial charge is 0.0351 e. The van der Waals surface area contributed by atoms with Gasteiger partial charge in [-0.15, -0.1) is 0 Å². The molecule has 0 saturated carbocycles. The molecule has 0 unspecified atom stereocenters. The lowest BCUT2D eigenvalue weighted by Crippen LogP contribution is -1.83. The van der Waals surface area contributed by atoms with Crippen LogP contribution in [0.4, 0.5) is 0 Å². The molecule has 0 N–H and O–H groups in total. The lowest BCUT2D eigenvalue weighted by atomic mass is 10.0. The Bertz CT molecular complexity index is 204. The molecule has 130 valence electrons. The summed E-state index contributed by atoms with van der Waals surface area (Å²) in [5.74, 6) is 0. The van der Waals surface area contributed by atoms with Crippen molar-refractivity contribution < 1.29 is 0 Å². The van der Waals surface area contributed by atoms with Crippen molar-refractivity contribution in [1.29, 1.82) is 0 Å². The molecule has 0 heterocycles. The van der Waals surface area contributed by atoms with Gasteiger partial charge >= 0.3 is 0 Å². The predicted octanol–water partition coefficient (Wildman–Crippen LogP) is 8.23. The van der Waals surface area contributed by atoms with Gasteiger partial charge in [0.2, 0.25) is 0 Å². The van der Waals surface area contributed by atoms with Crippen LogP contribution in [0.5, 0.6) is 0 Å². The molecule has 0 fully saturated rings. The fourth-order valence-electron chi connectivity index (χ4n) is 2.88. The summed E-state index contributed by atoms with van der Waals surface area (Å²) in [6.07, 6.45) is 29.2. The maximum atomic E-state index is 3.89. The van der Waals surface area contributed by atoms with E-state index in [1.165, 1.54) is 103 Å². The van der Waals surface area contributed by atoms with E-state index in [0.717, 1.165) is 12.8 Å². The number of allylic oxidation sites excluding steroid dienone is 2. The predicted molar refractivity (Wildman–Crippen MR) is 103 cm³/mol. The second-order valence-electron chi connectivity index (χ2n) is 6.71. The van der Waals surface area contributed by atoms with E-state index in [9.17, 15) is 0 Å². The minimum absolute atomic E-state index is 1.07. The Hall–Kier alpha value is -0.260. The molecule has 0 heteroatoms. The highest BCUT2D eigenvalue weighted by Gasteiger charge is 1.93. The van der Waals surface area contributed by atoms with Crippen LogP contribution in [-0.2, 0) is 0 Å². The zero-order valence-electron chi connectivity index (χ0n) is 15.3. The van der Waals surface area contributed by atoms with Crippen LogP contribution in [0.15, 0.2) is 12.2 Å². The van der Waals surface area contributed by atoms with Crippen molar-refractivity contribution in [2.45, 2.75) is 116 Å². The molecule has 0 rings (SSSR count). The van der Waals surface area contributed by atoms with Gasteiger partial charge in [0.15, 0.2) is 0 Å². The molecule has 0 aliphatic heterocycles. The lowest BCUT2D eigenvalue weighted by molar-refractivity contribution is 0.537. The fraction of sp³-hybridized carbons (Fsp3) is 0.818. The summed E-state index contributed by atoms with van der Waals surface area (Å²) in [5.41, 5.74) is 0. The molecule has 22 heavy (non-hydrogen) atoms. The van der Waals surface area contributed by atoms with Crippen molar-refractivity contribution in [1.82, 2.24) is 0 Å². The van der Waals surface area contributed by atoms with Crippen molar-refractivity contribution in [3.05, 3.63) is 26.0 Å². The highest BCUT2D eigenvalue weighted by molar-refractivity contribution is 4.81. The van der Waals surface area contributed by atoms with E-state index in [4.69, 9.17) is 0 Å². The summed E-state index contributed by atoms with van der Waals surface area (Å²) < 4.78 is 0. The average Bonchev–Trinajstić information content (AvgIpc) is 2.54. The van der Waals surface area contributed by atoms with Gasteiger partial charge in [0.1, 0.15) is 0 Å². The van der Waals surface area contributed by atoms with Gasteiger partial charge in [0.25, 0.3) is 0 Å². The topological polar surface area (TPSA) is 0 Å². The number of hydrogen-bond donors (Lipinski definition) is 0. The first kappa shape index (κ1) is 21.7. The molecule has 0 aromatic carbocycles. The molecule has 0 bridgehead atoms. The van der Waals surface area contributed by atoms with E-state index in [-0.39, 0.29) is 0 Å². The minimum Gasteiger partial charge on any atom is -0.0885 e. The van der Waals surface area contributed by atoms with Crippen molar-refractivity contribution in [2.75, 3.05) is 0 Å². The largest absolute Gasteiger partial charge is 0.0885 e. The van der Waals surface area contributed by atoms with Gasteiger partial charge in [0, 0.05) is 0 Å². The number of unbranched alkanes of at least 4 members (excludes halogenated alkanes) is 16. The summed E-state index contributed by atoms with van der Waals surface area (Å²) in [5, 5.41) is 0.